The second-order valence-corrected chi connectivity index (χ2v) is 5.84. The molecule has 0 aromatic heterocycles. The predicted octanol–water partition coefficient (Wildman–Crippen LogP) is 0.910. The fourth-order valence-electron chi connectivity index (χ4n) is 3.05. The maximum atomic E-state index is 12.9. The van der Waals surface area contributed by atoms with Crippen molar-refractivity contribution in [3.05, 3.63) is 0 Å². The number of rotatable bonds is 9. The molecular weight excluding hydrogens is 282 g/mol. The number of nitrogens with one attached hydrogen (secondary N) is 2. The first-order valence-electron chi connectivity index (χ1n) is 8.39. The Hall–Kier alpha value is -1.14. The van der Waals surface area contributed by atoms with Crippen LogP contribution in [0.5, 0.6) is 0 Å². The van der Waals surface area contributed by atoms with Gasteiger partial charge in [0.1, 0.15) is 5.54 Å². The van der Waals surface area contributed by atoms with E-state index in [2.05, 4.69) is 10.6 Å². The fraction of sp³-hybridized carbons (Fsp3) is 0.875. The third-order valence-corrected chi connectivity index (χ3v) is 4.31. The number of amides is 2. The monoisotopic (exact) mass is 313 g/mol. The van der Waals surface area contributed by atoms with Gasteiger partial charge in [0.25, 0.3) is 0 Å². The Morgan fingerprint density at radius 2 is 1.77 bits per heavy atom. The van der Waals surface area contributed by atoms with Gasteiger partial charge < -0.3 is 20.3 Å². The number of carbonyl (C=O) groups is 2. The lowest BCUT2D eigenvalue weighted by Gasteiger charge is -2.40. The van der Waals surface area contributed by atoms with E-state index in [4.69, 9.17) is 4.74 Å². The van der Waals surface area contributed by atoms with Crippen molar-refractivity contribution in [2.75, 3.05) is 39.9 Å². The van der Waals surface area contributed by atoms with Crippen LogP contribution < -0.4 is 10.6 Å². The van der Waals surface area contributed by atoms with Crippen molar-refractivity contribution < 1.29 is 14.3 Å². The van der Waals surface area contributed by atoms with E-state index in [0.717, 1.165) is 32.1 Å². The van der Waals surface area contributed by atoms with Crippen LogP contribution in [0.25, 0.3) is 0 Å². The van der Waals surface area contributed by atoms with Gasteiger partial charge in [-0.25, -0.2) is 0 Å². The second kappa shape index (κ2) is 9.79. The predicted molar refractivity (Wildman–Crippen MR) is 86.6 cm³/mol. The lowest BCUT2D eigenvalue weighted by Crippen LogP contribution is -2.61. The van der Waals surface area contributed by atoms with Crippen molar-refractivity contribution >= 4 is 11.8 Å². The van der Waals surface area contributed by atoms with Crippen LogP contribution in [0.2, 0.25) is 0 Å². The quantitative estimate of drug-likeness (QED) is 0.621. The highest BCUT2D eigenvalue weighted by molar-refractivity contribution is 5.92. The summed E-state index contributed by atoms with van der Waals surface area (Å²) in [5.41, 5.74) is -0.704. The van der Waals surface area contributed by atoms with Crippen LogP contribution in [0.1, 0.15) is 46.0 Å². The molecule has 0 spiro atoms. The smallest absolute Gasteiger partial charge is 0.248 e. The van der Waals surface area contributed by atoms with Gasteiger partial charge in [-0.15, -0.1) is 0 Å². The molecule has 128 valence electrons. The van der Waals surface area contributed by atoms with Gasteiger partial charge >= 0.3 is 0 Å². The third kappa shape index (κ3) is 5.25. The molecule has 0 aromatic rings. The zero-order valence-corrected chi connectivity index (χ0v) is 14.2. The van der Waals surface area contributed by atoms with Gasteiger partial charge in [-0.05, 0) is 26.7 Å². The summed E-state index contributed by atoms with van der Waals surface area (Å²) in [7, 11) is 1.63. The lowest BCUT2D eigenvalue weighted by molar-refractivity contribution is -0.143. The molecule has 2 N–H and O–H groups in total. The molecule has 0 saturated heterocycles. The highest BCUT2D eigenvalue weighted by atomic mass is 16.5. The van der Waals surface area contributed by atoms with Crippen LogP contribution in [0.15, 0.2) is 0 Å². The van der Waals surface area contributed by atoms with Crippen molar-refractivity contribution in [3.8, 4) is 0 Å². The van der Waals surface area contributed by atoms with Crippen LogP contribution in [0.4, 0.5) is 0 Å². The maximum absolute atomic E-state index is 12.9. The molecule has 0 aromatic carbocycles. The molecule has 6 nitrogen and oxygen atoms in total. The number of methoxy groups -OCH3 is 1. The lowest BCUT2D eigenvalue weighted by atomic mass is 9.80. The van der Waals surface area contributed by atoms with Crippen molar-refractivity contribution in [2.24, 2.45) is 0 Å². The highest BCUT2D eigenvalue weighted by Gasteiger charge is 2.42. The SMILES string of the molecule is CCN(CC)C(=O)C1(NC(=O)CNCCOC)CCCCC1. The van der Waals surface area contributed by atoms with E-state index in [1.54, 1.807) is 7.11 Å². The van der Waals surface area contributed by atoms with Gasteiger partial charge in [0.05, 0.1) is 13.2 Å². The molecule has 0 aliphatic heterocycles. The molecule has 1 fully saturated rings. The highest BCUT2D eigenvalue weighted by Crippen LogP contribution is 2.30. The first-order valence-corrected chi connectivity index (χ1v) is 8.39. The Kier molecular flexibility index (Phi) is 8.42. The van der Waals surface area contributed by atoms with Gasteiger partial charge in [-0.3, -0.25) is 9.59 Å². The van der Waals surface area contributed by atoms with Crippen LogP contribution in [0, 0.1) is 0 Å². The van der Waals surface area contributed by atoms with Crippen molar-refractivity contribution in [1.82, 2.24) is 15.5 Å². The summed E-state index contributed by atoms with van der Waals surface area (Å²) in [5, 5.41) is 6.05. The summed E-state index contributed by atoms with van der Waals surface area (Å²) < 4.78 is 4.94. The van der Waals surface area contributed by atoms with E-state index in [1.807, 2.05) is 18.7 Å². The molecule has 0 heterocycles. The minimum Gasteiger partial charge on any atom is -0.383 e. The third-order valence-electron chi connectivity index (χ3n) is 4.31. The summed E-state index contributed by atoms with van der Waals surface area (Å²) >= 11 is 0. The zero-order valence-electron chi connectivity index (χ0n) is 14.2. The molecule has 6 heteroatoms. The van der Waals surface area contributed by atoms with Gasteiger partial charge in [-0.2, -0.15) is 0 Å². The number of ether oxygens (including phenoxy) is 1. The van der Waals surface area contributed by atoms with Crippen molar-refractivity contribution in [2.45, 2.75) is 51.5 Å². The Balaban J connectivity index is 2.67. The van der Waals surface area contributed by atoms with E-state index in [0.29, 0.717) is 26.2 Å². The number of carbonyl (C=O) groups excluding carboxylic acids is 2. The zero-order chi connectivity index (χ0) is 16.4. The maximum Gasteiger partial charge on any atom is 0.248 e. The molecular formula is C16H31N3O3. The normalized spacial score (nSPS) is 17.0. The summed E-state index contributed by atoms with van der Waals surface area (Å²) in [6, 6.07) is 0. The molecule has 0 radical (unpaired) electrons. The van der Waals surface area contributed by atoms with E-state index < -0.39 is 5.54 Å². The van der Waals surface area contributed by atoms with E-state index in [1.165, 1.54) is 0 Å². The number of nitrogens with zero attached hydrogens (tertiary/aromatic N) is 1. The standard InChI is InChI=1S/C16H31N3O3/c1-4-19(5-2)15(21)16(9-7-6-8-10-16)18-14(20)13-17-11-12-22-3/h17H,4-13H2,1-3H3,(H,18,20). The largest absolute Gasteiger partial charge is 0.383 e. The second-order valence-electron chi connectivity index (χ2n) is 5.84. The summed E-state index contributed by atoms with van der Waals surface area (Å²) in [5.74, 6) is -0.0408. The molecule has 1 aliphatic carbocycles. The Morgan fingerprint density at radius 1 is 1.14 bits per heavy atom. The molecule has 2 amide bonds. The van der Waals surface area contributed by atoms with Crippen LogP contribution >= 0.6 is 0 Å². The summed E-state index contributed by atoms with van der Waals surface area (Å²) in [6.07, 6.45) is 4.60. The topological polar surface area (TPSA) is 70.7 Å². The Bertz CT molecular complexity index is 351. The van der Waals surface area contributed by atoms with Gasteiger partial charge in [0.2, 0.25) is 11.8 Å². The molecule has 0 unspecified atom stereocenters. The minimum absolute atomic E-state index is 0.0717. The average molecular weight is 313 g/mol. The molecule has 0 bridgehead atoms. The van der Waals surface area contributed by atoms with Crippen LogP contribution in [-0.4, -0.2) is 62.1 Å². The van der Waals surface area contributed by atoms with Crippen molar-refractivity contribution in [1.29, 1.82) is 0 Å². The molecule has 1 rings (SSSR count). The summed E-state index contributed by atoms with van der Waals surface area (Å²) in [4.78, 5) is 26.9. The van der Waals surface area contributed by atoms with E-state index >= 15 is 0 Å². The number of hydrogen-bond acceptors (Lipinski definition) is 4. The number of likely N-dealkylation sites (N-methyl/N-ethyl adjacent to an activating group) is 1. The summed E-state index contributed by atoms with van der Waals surface area (Å²) in [6.45, 7) is 6.73. The van der Waals surface area contributed by atoms with E-state index in [9.17, 15) is 9.59 Å². The first kappa shape index (κ1) is 18.9. The minimum atomic E-state index is -0.704. The fourth-order valence-corrected chi connectivity index (χ4v) is 3.05. The molecule has 1 saturated carbocycles. The molecule has 22 heavy (non-hydrogen) atoms. The van der Waals surface area contributed by atoms with Crippen LogP contribution in [0.3, 0.4) is 0 Å². The first-order chi connectivity index (χ1) is 10.6. The number of hydrogen-bond donors (Lipinski definition) is 2. The average Bonchev–Trinajstić information content (AvgIpc) is 2.53. The van der Waals surface area contributed by atoms with E-state index in [-0.39, 0.29) is 18.4 Å². The van der Waals surface area contributed by atoms with Gasteiger partial charge in [0, 0.05) is 26.7 Å². The van der Waals surface area contributed by atoms with Gasteiger partial charge in [0.15, 0.2) is 0 Å². The molecule has 1 aliphatic rings. The van der Waals surface area contributed by atoms with Crippen molar-refractivity contribution in [3.63, 3.8) is 0 Å². The Morgan fingerprint density at radius 3 is 2.32 bits per heavy atom. The van der Waals surface area contributed by atoms with Gasteiger partial charge in [-0.1, -0.05) is 19.3 Å². The van der Waals surface area contributed by atoms with Crippen LogP contribution in [-0.2, 0) is 14.3 Å². The molecule has 0 atom stereocenters. The Labute approximate surface area is 134 Å².